The van der Waals surface area contributed by atoms with E-state index in [4.69, 9.17) is 0 Å². The van der Waals surface area contributed by atoms with Gasteiger partial charge in [-0.3, -0.25) is 9.59 Å². The largest absolute Gasteiger partial charge is 0.331 e. The summed E-state index contributed by atoms with van der Waals surface area (Å²) in [6, 6.07) is 23.1. The van der Waals surface area contributed by atoms with Gasteiger partial charge in [0, 0.05) is 36.1 Å². The van der Waals surface area contributed by atoms with Crippen LogP contribution in [0, 0.1) is 0 Å². The third-order valence-corrected chi connectivity index (χ3v) is 6.26. The fourth-order valence-electron chi connectivity index (χ4n) is 3.72. The van der Waals surface area contributed by atoms with Crippen LogP contribution in [0.2, 0.25) is 0 Å². The number of rotatable bonds is 6. The third-order valence-electron chi connectivity index (χ3n) is 5.35. The zero-order valence-corrected chi connectivity index (χ0v) is 18.7. The van der Waals surface area contributed by atoms with Crippen molar-refractivity contribution in [3.63, 3.8) is 0 Å². The summed E-state index contributed by atoms with van der Waals surface area (Å²) in [6.45, 7) is 0. The van der Waals surface area contributed by atoms with Crippen LogP contribution in [0.15, 0.2) is 90.2 Å². The van der Waals surface area contributed by atoms with Gasteiger partial charge in [0.1, 0.15) is 0 Å². The molecule has 1 amide bonds. The van der Waals surface area contributed by atoms with Crippen molar-refractivity contribution < 1.29 is 9.59 Å². The number of aryl methyl sites for hydroxylation is 1. The number of para-hydroxylation sites is 1. The second-order valence-electron chi connectivity index (χ2n) is 7.61. The Balaban J connectivity index is 1.36. The van der Waals surface area contributed by atoms with Crippen molar-refractivity contribution in [2.75, 3.05) is 11.1 Å². The summed E-state index contributed by atoms with van der Waals surface area (Å²) in [5.41, 5.74) is 1.97. The van der Waals surface area contributed by atoms with E-state index in [2.05, 4.69) is 15.3 Å². The molecular formula is C26H20N4O2S. The molecule has 0 saturated carbocycles. The summed E-state index contributed by atoms with van der Waals surface area (Å²) in [7, 11) is 1.79. The lowest BCUT2D eigenvalue weighted by Gasteiger charge is -2.10. The summed E-state index contributed by atoms with van der Waals surface area (Å²) < 4.78 is 1.70. The lowest BCUT2D eigenvalue weighted by Crippen LogP contribution is -2.14. The molecule has 0 fully saturated rings. The van der Waals surface area contributed by atoms with E-state index in [0.717, 1.165) is 21.8 Å². The molecule has 162 valence electrons. The van der Waals surface area contributed by atoms with E-state index in [1.807, 2.05) is 66.7 Å². The highest BCUT2D eigenvalue weighted by Crippen LogP contribution is 2.26. The number of anilines is 1. The van der Waals surface area contributed by atoms with Crippen molar-refractivity contribution in [3.05, 3.63) is 96.6 Å². The highest BCUT2D eigenvalue weighted by molar-refractivity contribution is 7.99. The van der Waals surface area contributed by atoms with E-state index < -0.39 is 0 Å². The van der Waals surface area contributed by atoms with Crippen LogP contribution in [0.3, 0.4) is 0 Å². The maximum Gasteiger partial charge on any atom is 0.234 e. The molecular weight excluding hydrogens is 432 g/mol. The molecule has 0 saturated heterocycles. The molecule has 33 heavy (non-hydrogen) atoms. The molecule has 2 aromatic heterocycles. The van der Waals surface area contributed by atoms with Gasteiger partial charge in [-0.25, -0.2) is 9.97 Å². The predicted molar refractivity (Wildman–Crippen MR) is 132 cm³/mol. The fraction of sp³-hybridized carbons (Fsp3) is 0.0769. The van der Waals surface area contributed by atoms with Crippen LogP contribution in [0.25, 0.3) is 21.7 Å². The normalized spacial score (nSPS) is 11.1. The number of benzene rings is 3. The number of thioether (sulfide) groups is 1. The molecule has 0 aliphatic rings. The molecule has 1 N–H and O–H groups in total. The number of aromatic nitrogens is 3. The van der Waals surface area contributed by atoms with Crippen molar-refractivity contribution in [1.29, 1.82) is 0 Å². The van der Waals surface area contributed by atoms with E-state index in [1.165, 1.54) is 11.8 Å². The average Bonchev–Trinajstić information content (AvgIpc) is 3.27. The molecule has 2 heterocycles. The second-order valence-corrected chi connectivity index (χ2v) is 8.61. The number of nitrogens with one attached hydrogen (secondary N) is 1. The van der Waals surface area contributed by atoms with Crippen LogP contribution in [0.1, 0.15) is 16.2 Å². The van der Waals surface area contributed by atoms with Gasteiger partial charge in [0.15, 0.2) is 5.82 Å². The van der Waals surface area contributed by atoms with Gasteiger partial charge in [-0.15, -0.1) is 0 Å². The van der Waals surface area contributed by atoms with Crippen LogP contribution in [-0.4, -0.2) is 32.0 Å². The first-order valence-electron chi connectivity index (χ1n) is 10.4. The van der Waals surface area contributed by atoms with E-state index >= 15 is 0 Å². The summed E-state index contributed by atoms with van der Waals surface area (Å²) in [5, 5.41) is 6.50. The average molecular weight is 453 g/mol. The lowest BCUT2D eigenvalue weighted by atomic mass is 10.1. The van der Waals surface area contributed by atoms with Gasteiger partial charge < -0.3 is 9.88 Å². The molecule has 5 aromatic rings. The molecule has 7 heteroatoms. The molecule has 0 aliphatic carbocycles. The molecule has 5 rings (SSSR count). The van der Waals surface area contributed by atoms with E-state index in [9.17, 15) is 9.59 Å². The van der Waals surface area contributed by atoms with Gasteiger partial charge in [-0.05, 0) is 35.0 Å². The van der Waals surface area contributed by atoms with Gasteiger partial charge in [0.2, 0.25) is 11.7 Å². The topological polar surface area (TPSA) is 76.9 Å². The number of fused-ring (bicyclic) bond motifs is 2. The molecule has 3 aromatic carbocycles. The van der Waals surface area contributed by atoms with E-state index in [1.54, 1.807) is 30.1 Å². The quantitative estimate of drug-likeness (QED) is 0.287. The SMILES string of the molecule is Cn1ccnc1C(=O)c1cc(SCC(=O)Nc2ccc3ccccc3c2)nc2ccccc12. The Bertz CT molecular complexity index is 1510. The van der Waals surface area contributed by atoms with Gasteiger partial charge >= 0.3 is 0 Å². The third kappa shape index (κ3) is 4.36. The molecule has 0 aliphatic heterocycles. The van der Waals surface area contributed by atoms with Crippen LogP contribution in [0.4, 0.5) is 5.69 Å². The molecule has 0 unspecified atom stereocenters. The number of carbonyl (C=O) groups excluding carboxylic acids is 2. The molecule has 0 radical (unpaired) electrons. The zero-order chi connectivity index (χ0) is 22.8. The highest BCUT2D eigenvalue weighted by atomic mass is 32.2. The molecule has 0 bridgehead atoms. The Morgan fingerprint density at radius 1 is 0.970 bits per heavy atom. The first-order chi connectivity index (χ1) is 16.1. The van der Waals surface area contributed by atoms with Gasteiger partial charge in [0.05, 0.1) is 16.3 Å². The minimum atomic E-state index is -0.177. The number of hydrogen-bond donors (Lipinski definition) is 1. The number of pyridine rings is 1. The van der Waals surface area contributed by atoms with Crippen LogP contribution < -0.4 is 5.32 Å². The Morgan fingerprint density at radius 3 is 2.58 bits per heavy atom. The van der Waals surface area contributed by atoms with Gasteiger partial charge in [-0.1, -0.05) is 60.3 Å². The first kappa shape index (κ1) is 20.9. The summed E-state index contributed by atoms with van der Waals surface area (Å²) in [4.78, 5) is 34.6. The fourth-order valence-corrected chi connectivity index (χ4v) is 4.44. The molecule has 6 nitrogen and oxygen atoms in total. The summed E-state index contributed by atoms with van der Waals surface area (Å²) >= 11 is 1.30. The zero-order valence-electron chi connectivity index (χ0n) is 17.9. The Morgan fingerprint density at radius 2 is 1.76 bits per heavy atom. The maximum absolute atomic E-state index is 13.2. The molecule has 0 spiro atoms. The van der Waals surface area contributed by atoms with Crippen molar-refractivity contribution in [1.82, 2.24) is 14.5 Å². The van der Waals surface area contributed by atoms with E-state index in [-0.39, 0.29) is 17.4 Å². The number of hydrogen-bond acceptors (Lipinski definition) is 5. The number of ketones is 1. The number of nitrogens with zero attached hydrogens (tertiary/aromatic N) is 3. The second kappa shape index (κ2) is 8.88. The minimum Gasteiger partial charge on any atom is -0.331 e. The standard InChI is InChI=1S/C26H20N4O2S/c1-30-13-12-27-26(30)25(32)21-15-24(29-22-9-5-4-8-20(21)22)33-16-23(31)28-19-11-10-17-6-2-3-7-18(17)14-19/h2-15H,16H2,1H3,(H,28,31). The Labute approximate surface area is 194 Å². The van der Waals surface area contributed by atoms with Crippen LogP contribution in [0.5, 0.6) is 0 Å². The van der Waals surface area contributed by atoms with Gasteiger partial charge in [-0.2, -0.15) is 0 Å². The number of amides is 1. The van der Waals surface area contributed by atoms with Crippen LogP contribution >= 0.6 is 11.8 Å². The predicted octanol–water partition coefficient (Wildman–Crippen LogP) is 5.08. The Hall–Kier alpha value is -3.97. The monoisotopic (exact) mass is 452 g/mol. The van der Waals surface area contributed by atoms with Crippen molar-refractivity contribution in [3.8, 4) is 0 Å². The summed E-state index contributed by atoms with van der Waals surface area (Å²) in [6.07, 6.45) is 3.34. The smallest absolute Gasteiger partial charge is 0.234 e. The van der Waals surface area contributed by atoms with Crippen LogP contribution in [-0.2, 0) is 11.8 Å². The number of imidazole rings is 1. The van der Waals surface area contributed by atoms with Crippen molar-refractivity contribution in [2.45, 2.75) is 5.03 Å². The highest BCUT2D eigenvalue weighted by Gasteiger charge is 2.19. The number of carbonyl (C=O) groups is 2. The summed E-state index contributed by atoms with van der Waals surface area (Å²) in [5.74, 6) is 0.218. The van der Waals surface area contributed by atoms with Crippen molar-refractivity contribution >= 4 is 50.8 Å². The molecule has 0 atom stereocenters. The minimum absolute atomic E-state index is 0.137. The Kier molecular flexibility index (Phi) is 5.62. The van der Waals surface area contributed by atoms with Crippen molar-refractivity contribution in [2.24, 2.45) is 7.05 Å². The lowest BCUT2D eigenvalue weighted by molar-refractivity contribution is -0.113. The maximum atomic E-state index is 13.2. The van der Waals surface area contributed by atoms with Gasteiger partial charge in [0.25, 0.3) is 0 Å². The van der Waals surface area contributed by atoms with E-state index in [0.29, 0.717) is 21.9 Å². The first-order valence-corrected chi connectivity index (χ1v) is 11.4.